The van der Waals surface area contributed by atoms with Crippen LogP contribution in [0.15, 0.2) is 0 Å². The van der Waals surface area contributed by atoms with Crippen molar-refractivity contribution in [3.8, 4) is 0 Å². The van der Waals surface area contributed by atoms with E-state index < -0.39 is 24.0 Å². The van der Waals surface area contributed by atoms with E-state index in [1.165, 1.54) is 6.92 Å². The second kappa shape index (κ2) is 6.53. The zero-order valence-corrected chi connectivity index (χ0v) is 9.68. The number of ether oxygens (including phenoxy) is 1. The maximum absolute atomic E-state index is 11.5. The van der Waals surface area contributed by atoms with Crippen LogP contribution in [0.1, 0.15) is 13.3 Å². The average molecular weight is 246 g/mol. The van der Waals surface area contributed by atoms with Crippen molar-refractivity contribution >= 4 is 11.9 Å². The van der Waals surface area contributed by atoms with Crippen molar-refractivity contribution in [1.29, 1.82) is 0 Å². The Morgan fingerprint density at radius 1 is 1.59 bits per heavy atom. The molecule has 3 unspecified atom stereocenters. The van der Waals surface area contributed by atoms with E-state index in [4.69, 9.17) is 9.84 Å². The summed E-state index contributed by atoms with van der Waals surface area (Å²) in [4.78, 5) is 22.3. The Balaban J connectivity index is 2.38. The van der Waals surface area contributed by atoms with Gasteiger partial charge in [-0.15, -0.1) is 0 Å². The summed E-state index contributed by atoms with van der Waals surface area (Å²) in [6, 6.07) is -1.38. The van der Waals surface area contributed by atoms with Crippen LogP contribution in [0.5, 0.6) is 0 Å². The molecule has 0 aromatic rings. The number of nitrogens with one attached hydrogen (secondary N) is 2. The first-order chi connectivity index (χ1) is 8.00. The molecule has 1 saturated heterocycles. The molecule has 0 spiro atoms. The normalized spacial score (nSPS) is 23.8. The molecule has 1 aliphatic rings. The van der Waals surface area contributed by atoms with Crippen LogP contribution in [0.25, 0.3) is 0 Å². The number of carboxylic acids is 1. The quantitative estimate of drug-likeness (QED) is 0.461. The molecule has 1 amide bonds. The third-order valence-electron chi connectivity index (χ3n) is 2.50. The minimum absolute atomic E-state index is 0.104. The smallest absolute Gasteiger partial charge is 0.328 e. The maximum Gasteiger partial charge on any atom is 0.328 e. The second-order valence-electron chi connectivity index (χ2n) is 4.05. The monoisotopic (exact) mass is 246 g/mol. The van der Waals surface area contributed by atoms with Crippen molar-refractivity contribution in [2.24, 2.45) is 0 Å². The first kappa shape index (κ1) is 13.9. The molecule has 0 aromatic carbocycles. The summed E-state index contributed by atoms with van der Waals surface area (Å²) in [5, 5.41) is 23.3. The molecule has 98 valence electrons. The van der Waals surface area contributed by atoms with Crippen LogP contribution in [0, 0.1) is 0 Å². The number of amides is 1. The molecule has 7 heteroatoms. The van der Waals surface area contributed by atoms with E-state index in [2.05, 4.69) is 10.6 Å². The number of aliphatic carboxylic acids is 1. The van der Waals surface area contributed by atoms with E-state index in [1.807, 2.05) is 0 Å². The summed E-state index contributed by atoms with van der Waals surface area (Å²) in [7, 11) is 0. The van der Waals surface area contributed by atoms with Gasteiger partial charge in [-0.1, -0.05) is 0 Å². The van der Waals surface area contributed by atoms with Gasteiger partial charge in [0.2, 0.25) is 5.91 Å². The van der Waals surface area contributed by atoms with Gasteiger partial charge in [-0.2, -0.15) is 0 Å². The molecule has 1 aliphatic heterocycles. The van der Waals surface area contributed by atoms with E-state index in [0.717, 1.165) is 0 Å². The molecule has 7 nitrogen and oxygen atoms in total. The molecule has 0 aromatic heterocycles. The predicted molar refractivity (Wildman–Crippen MR) is 58.5 cm³/mol. The van der Waals surface area contributed by atoms with Gasteiger partial charge in [-0.25, -0.2) is 4.79 Å². The molecule has 3 atom stereocenters. The fourth-order valence-electron chi connectivity index (χ4n) is 1.60. The summed E-state index contributed by atoms with van der Waals surface area (Å²) in [5.74, 6) is -1.66. The standard InChI is InChI=1S/C10H18N2O5/c1-6(13)9(10(15)16)12-8(14)4-7-5-17-3-2-11-7/h6-7,9,11,13H,2-5H2,1H3,(H,12,14)(H,15,16). The molecule has 0 aliphatic carbocycles. The number of carbonyl (C=O) groups is 2. The van der Waals surface area contributed by atoms with E-state index in [1.54, 1.807) is 0 Å². The summed E-state index contributed by atoms with van der Waals surface area (Å²) >= 11 is 0. The lowest BCUT2D eigenvalue weighted by molar-refractivity contribution is -0.144. The number of morpholine rings is 1. The lowest BCUT2D eigenvalue weighted by Crippen LogP contribution is -2.50. The molecule has 1 rings (SSSR count). The third kappa shape index (κ3) is 4.68. The maximum atomic E-state index is 11.5. The number of hydrogen-bond acceptors (Lipinski definition) is 5. The van der Waals surface area contributed by atoms with Crippen LogP contribution in [0.2, 0.25) is 0 Å². The largest absolute Gasteiger partial charge is 0.480 e. The molecule has 0 radical (unpaired) electrons. The molecule has 0 saturated carbocycles. The molecule has 1 heterocycles. The summed E-state index contributed by atoms with van der Waals surface area (Å²) < 4.78 is 5.17. The zero-order chi connectivity index (χ0) is 12.8. The van der Waals surface area contributed by atoms with Crippen LogP contribution in [-0.2, 0) is 14.3 Å². The van der Waals surface area contributed by atoms with Gasteiger partial charge in [-0.05, 0) is 6.92 Å². The third-order valence-corrected chi connectivity index (χ3v) is 2.50. The Morgan fingerprint density at radius 3 is 2.76 bits per heavy atom. The molecule has 4 N–H and O–H groups in total. The van der Waals surface area contributed by atoms with Crippen LogP contribution in [0.3, 0.4) is 0 Å². The van der Waals surface area contributed by atoms with Crippen molar-refractivity contribution in [3.05, 3.63) is 0 Å². The Bertz CT molecular complexity index is 276. The van der Waals surface area contributed by atoms with Crippen LogP contribution in [-0.4, -0.2) is 60.0 Å². The minimum atomic E-state index is -1.27. The highest BCUT2D eigenvalue weighted by molar-refractivity contribution is 5.84. The second-order valence-corrected chi connectivity index (χ2v) is 4.05. The van der Waals surface area contributed by atoms with Crippen molar-refractivity contribution < 1.29 is 24.5 Å². The fraction of sp³-hybridized carbons (Fsp3) is 0.800. The van der Waals surface area contributed by atoms with Gasteiger partial charge in [0.25, 0.3) is 0 Å². The predicted octanol–water partition coefficient (Wildman–Crippen LogP) is -1.68. The number of carbonyl (C=O) groups excluding carboxylic acids is 1. The highest BCUT2D eigenvalue weighted by atomic mass is 16.5. The summed E-state index contributed by atoms with van der Waals surface area (Å²) in [5.41, 5.74) is 0. The fourth-order valence-corrected chi connectivity index (χ4v) is 1.60. The van der Waals surface area contributed by atoms with E-state index in [0.29, 0.717) is 19.8 Å². The van der Waals surface area contributed by atoms with Gasteiger partial charge in [0.1, 0.15) is 0 Å². The molecule has 1 fully saturated rings. The van der Waals surface area contributed by atoms with E-state index in [-0.39, 0.29) is 12.5 Å². The first-order valence-electron chi connectivity index (χ1n) is 5.52. The van der Waals surface area contributed by atoms with Crippen molar-refractivity contribution in [2.75, 3.05) is 19.8 Å². The summed E-state index contributed by atoms with van der Waals surface area (Å²) in [6.07, 6.45) is -0.997. The number of rotatable bonds is 5. The van der Waals surface area contributed by atoms with Crippen molar-refractivity contribution in [3.63, 3.8) is 0 Å². The van der Waals surface area contributed by atoms with Crippen LogP contribution < -0.4 is 10.6 Å². The van der Waals surface area contributed by atoms with Gasteiger partial charge in [-0.3, -0.25) is 4.79 Å². The van der Waals surface area contributed by atoms with Gasteiger partial charge in [0.15, 0.2) is 6.04 Å². The lowest BCUT2D eigenvalue weighted by Gasteiger charge is -2.24. The Labute approximate surface area is 99.1 Å². The van der Waals surface area contributed by atoms with Crippen LogP contribution in [0.4, 0.5) is 0 Å². The van der Waals surface area contributed by atoms with Crippen molar-refractivity contribution in [1.82, 2.24) is 10.6 Å². The first-order valence-corrected chi connectivity index (χ1v) is 5.52. The van der Waals surface area contributed by atoms with Crippen LogP contribution >= 0.6 is 0 Å². The Kier molecular flexibility index (Phi) is 5.33. The number of aliphatic hydroxyl groups is 1. The van der Waals surface area contributed by atoms with Crippen molar-refractivity contribution in [2.45, 2.75) is 31.5 Å². The highest BCUT2D eigenvalue weighted by Crippen LogP contribution is 2.00. The number of carboxylic acid groups (broad SMARTS) is 1. The SMILES string of the molecule is CC(O)C(NC(=O)CC1COCCN1)C(=O)O. The molecule has 17 heavy (non-hydrogen) atoms. The van der Waals surface area contributed by atoms with Gasteiger partial charge in [0, 0.05) is 19.0 Å². The number of hydrogen-bond donors (Lipinski definition) is 4. The Morgan fingerprint density at radius 2 is 2.29 bits per heavy atom. The highest BCUT2D eigenvalue weighted by Gasteiger charge is 2.26. The topological polar surface area (TPSA) is 108 Å². The van der Waals surface area contributed by atoms with Gasteiger partial charge < -0.3 is 25.6 Å². The van der Waals surface area contributed by atoms with E-state index in [9.17, 15) is 14.7 Å². The molecular weight excluding hydrogens is 228 g/mol. The molecule has 0 bridgehead atoms. The lowest BCUT2D eigenvalue weighted by atomic mass is 10.1. The average Bonchev–Trinajstić information content (AvgIpc) is 2.26. The number of aliphatic hydroxyl groups excluding tert-OH is 1. The van der Waals surface area contributed by atoms with E-state index >= 15 is 0 Å². The van der Waals surface area contributed by atoms with Gasteiger partial charge in [0.05, 0.1) is 19.3 Å². The summed E-state index contributed by atoms with van der Waals surface area (Å²) in [6.45, 7) is 3.04. The minimum Gasteiger partial charge on any atom is -0.480 e. The zero-order valence-electron chi connectivity index (χ0n) is 9.68. The molecular formula is C10H18N2O5. The Hall–Kier alpha value is -1.18. The van der Waals surface area contributed by atoms with Gasteiger partial charge >= 0.3 is 5.97 Å².